The lowest BCUT2D eigenvalue weighted by Gasteiger charge is -2.32. The zero-order valence-corrected chi connectivity index (χ0v) is 17.1. The summed E-state index contributed by atoms with van der Waals surface area (Å²) in [5, 5.41) is 4.27. The Morgan fingerprint density at radius 3 is 2.37 bits per heavy atom. The van der Waals surface area contributed by atoms with E-state index in [0.29, 0.717) is 21.5 Å². The zero-order chi connectivity index (χ0) is 19.4. The summed E-state index contributed by atoms with van der Waals surface area (Å²) < 4.78 is 5.89. The number of piperidine rings is 1. The number of halogens is 2. The minimum absolute atomic E-state index is 0.238. The molecule has 4 nitrogen and oxygen atoms in total. The maximum Gasteiger partial charge on any atom is 0.268 e. The van der Waals surface area contributed by atoms with Crippen LogP contribution in [-0.4, -0.2) is 24.6 Å². The Labute approximate surface area is 170 Å². The van der Waals surface area contributed by atoms with Crippen LogP contribution in [0, 0.1) is 0 Å². The highest BCUT2D eigenvalue weighted by Crippen LogP contribution is 2.36. The van der Waals surface area contributed by atoms with E-state index in [-0.39, 0.29) is 5.91 Å². The Hall–Kier alpha value is -1.91. The van der Waals surface area contributed by atoms with Crippen molar-refractivity contribution in [2.45, 2.75) is 38.7 Å². The third-order valence-electron chi connectivity index (χ3n) is 4.64. The van der Waals surface area contributed by atoms with Crippen molar-refractivity contribution in [2.24, 2.45) is 0 Å². The summed E-state index contributed by atoms with van der Waals surface area (Å²) in [6.45, 7) is 5.36. The first-order valence-electron chi connectivity index (χ1n) is 9.16. The van der Waals surface area contributed by atoms with E-state index in [4.69, 9.17) is 27.9 Å². The molecule has 0 saturated carbocycles. The van der Waals surface area contributed by atoms with E-state index in [1.165, 1.54) is 6.42 Å². The van der Waals surface area contributed by atoms with Gasteiger partial charge >= 0.3 is 0 Å². The van der Waals surface area contributed by atoms with Crippen LogP contribution in [0.1, 0.15) is 33.1 Å². The topological polar surface area (TPSA) is 41.6 Å². The summed E-state index contributed by atoms with van der Waals surface area (Å²) in [4.78, 5) is 15.2. The van der Waals surface area contributed by atoms with Crippen molar-refractivity contribution in [3.8, 4) is 5.75 Å². The SMILES string of the molecule is CC(C)(Oc1ccc(Cl)cc1)C(=O)Nc1cccc(Cl)c1N1CCCCC1. The van der Waals surface area contributed by atoms with Crippen LogP contribution in [0.5, 0.6) is 5.75 Å². The van der Waals surface area contributed by atoms with Crippen LogP contribution < -0.4 is 15.0 Å². The summed E-state index contributed by atoms with van der Waals surface area (Å²) in [6.07, 6.45) is 3.48. The highest BCUT2D eigenvalue weighted by molar-refractivity contribution is 6.34. The van der Waals surface area contributed by atoms with Gasteiger partial charge in [0.1, 0.15) is 5.75 Å². The number of nitrogens with one attached hydrogen (secondary N) is 1. The number of carbonyl (C=O) groups excluding carboxylic acids is 1. The molecule has 1 N–H and O–H groups in total. The van der Waals surface area contributed by atoms with Gasteiger partial charge in [-0.3, -0.25) is 4.79 Å². The molecule has 2 aromatic rings. The van der Waals surface area contributed by atoms with E-state index in [1.807, 2.05) is 18.2 Å². The van der Waals surface area contributed by atoms with E-state index < -0.39 is 5.60 Å². The number of nitrogens with zero attached hydrogens (tertiary/aromatic N) is 1. The number of amides is 1. The van der Waals surface area contributed by atoms with Crippen molar-refractivity contribution in [1.29, 1.82) is 0 Å². The molecule has 27 heavy (non-hydrogen) atoms. The Morgan fingerprint density at radius 1 is 1.04 bits per heavy atom. The van der Waals surface area contributed by atoms with Crippen molar-refractivity contribution in [3.63, 3.8) is 0 Å². The van der Waals surface area contributed by atoms with E-state index in [9.17, 15) is 4.79 Å². The van der Waals surface area contributed by atoms with Crippen LogP contribution in [0.4, 0.5) is 11.4 Å². The van der Waals surface area contributed by atoms with E-state index in [1.54, 1.807) is 38.1 Å². The quantitative estimate of drug-likeness (QED) is 0.683. The van der Waals surface area contributed by atoms with Gasteiger partial charge in [-0.15, -0.1) is 0 Å². The van der Waals surface area contributed by atoms with Crippen molar-refractivity contribution >= 4 is 40.5 Å². The van der Waals surface area contributed by atoms with Crippen LogP contribution in [0.3, 0.4) is 0 Å². The van der Waals surface area contributed by atoms with Gasteiger partial charge in [-0.25, -0.2) is 0 Å². The number of hydrogen-bond donors (Lipinski definition) is 1. The summed E-state index contributed by atoms with van der Waals surface area (Å²) >= 11 is 12.4. The molecule has 0 aromatic heterocycles. The molecule has 6 heteroatoms. The predicted molar refractivity (Wildman–Crippen MR) is 112 cm³/mol. The normalized spacial score (nSPS) is 14.7. The fourth-order valence-electron chi connectivity index (χ4n) is 3.17. The molecule has 0 aliphatic carbocycles. The second-order valence-corrected chi connectivity index (χ2v) is 8.05. The summed E-state index contributed by atoms with van der Waals surface area (Å²) in [5.74, 6) is 0.347. The highest BCUT2D eigenvalue weighted by atomic mass is 35.5. The highest BCUT2D eigenvalue weighted by Gasteiger charge is 2.31. The molecule has 0 atom stereocenters. The first-order chi connectivity index (χ1) is 12.9. The number of rotatable bonds is 5. The van der Waals surface area contributed by atoms with Gasteiger partial charge in [0.2, 0.25) is 0 Å². The smallest absolute Gasteiger partial charge is 0.268 e. The van der Waals surface area contributed by atoms with Gasteiger partial charge in [-0.05, 0) is 69.5 Å². The van der Waals surface area contributed by atoms with Gasteiger partial charge in [0, 0.05) is 18.1 Å². The Kier molecular flexibility index (Phi) is 6.18. The fourth-order valence-corrected chi connectivity index (χ4v) is 3.59. The molecule has 1 fully saturated rings. The molecule has 0 radical (unpaired) electrons. The maximum atomic E-state index is 12.9. The molecule has 1 aliphatic rings. The standard InChI is InChI=1S/C21H24Cl2N2O2/c1-21(2,27-16-11-9-15(22)10-12-16)20(26)24-18-8-6-7-17(23)19(18)25-13-4-3-5-14-25/h6-12H,3-5,13-14H2,1-2H3,(H,24,26). The molecule has 2 aromatic carbocycles. The van der Waals surface area contributed by atoms with Crippen LogP contribution in [-0.2, 0) is 4.79 Å². The fraction of sp³-hybridized carbons (Fsp3) is 0.381. The average molecular weight is 407 g/mol. The van der Waals surface area contributed by atoms with Crippen molar-refractivity contribution < 1.29 is 9.53 Å². The number of anilines is 2. The zero-order valence-electron chi connectivity index (χ0n) is 15.6. The lowest BCUT2D eigenvalue weighted by Crippen LogP contribution is -2.43. The summed E-state index contributed by atoms with van der Waals surface area (Å²) in [6, 6.07) is 12.5. The number of ether oxygens (including phenoxy) is 1. The summed E-state index contributed by atoms with van der Waals surface area (Å²) in [5.41, 5.74) is 0.534. The van der Waals surface area contributed by atoms with Crippen LogP contribution in [0.15, 0.2) is 42.5 Å². The molecule has 144 valence electrons. The molecule has 1 amide bonds. The second-order valence-electron chi connectivity index (χ2n) is 7.20. The Morgan fingerprint density at radius 2 is 1.70 bits per heavy atom. The molecular formula is C21H24Cl2N2O2. The number of benzene rings is 2. The molecule has 1 saturated heterocycles. The average Bonchev–Trinajstić information content (AvgIpc) is 2.64. The molecule has 0 bridgehead atoms. The lowest BCUT2D eigenvalue weighted by atomic mass is 10.1. The Balaban J connectivity index is 1.78. The van der Waals surface area contributed by atoms with Crippen molar-refractivity contribution in [1.82, 2.24) is 0 Å². The number of carbonyl (C=O) groups is 1. The van der Waals surface area contributed by atoms with Crippen LogP contribution in [0.25, 0.3) is 0 Å². The minimum atomic E-state index is -1.06. The molecule has 3 rings (SSSR count). The van der Waals surface area contributed by atoms with Gasteiger partial charge in [0.25, 0.3) is 5.91 Å². The van der Waals surface area contributed by atoms with Gasteiger partial charge in [-0.1, -0.05) is 29.3 Å². The van der Waals surface area contributed by atoms with Crippen molar-refractivity contribution in [2.75, 3.05) is 23.3 Å². The summed E-state index contributed by atoms with van der Waals surface area (Å²) in [7, 11) is 0. The largest absolute Gasteiger partial charge is 0.478 e. The molecule has 0 spiro atoms. The number of hydrogen-bond acceptors (Lipinski definition) is 3. The minimum Gasteiger partial charge on any atom is -0.478 e. The van der Waals surface area contributed by atoms with Gasteiger partial charge in [0.15, 0.2) is 5.60 Å². The second kappa shape index (κ2) is 8.41. The lowest BCUT2D eigenvalue weighted by molar-refractivity contribution is -0.128. The van der Waals surface area contributed by atoms with Gasteiger partial charge < -0.3 is 15.0 Å². The maximum absolute atomic E-state index is 12.9. The van der Waals surface area contributed by atoms with Crippen molar-refractivity contribution in [3.05, 3.63) is 52.5 Å². The first-order valence-corrected chi connectivity index (χ1v) is 9.92. The van der Waals surface area contributed by atoms with Crippen LogP contribution in [0.2, 0.25) is 10.0 Å². The third kappa shape index (κ3) is 4.88. The predicted octanol–water partition coefficient (Wildman–Crippen LogP) is 5.78. The van der Waals surface area contributed by atoms with Gasteiger partial charge in [0.05, 0.1) is 16.4 Å². The van der Waals surface area contributed by atoms with E-state index in [0.717, 1.165) is 31.6 Å². The van der Waals surface area contributed by atoms with E-state index in [2.05, 4.69) is 10.2 Å². The van der Waals surface area contributed by atoms with Gasteiger partial charge in [-0.2, -0.15) is 0 Å². The molecule has 1 heterocycles. The van der Waals surface area contributed by atoms with E-state index >= 15 is 0 Å². The monoisotopic (exact) mass is 406 g/mol. The third-order valence-corrected chi connectivity index (χ3v) is 5.20. The molecule has 1 aliphatic heterocycles. The molecule has 0 unspecified atom stereocenters. The van der Waals surface area contributed by atoms with Crippen LogP contribution >= 0.6 is 23.2 Å². The Bertz CT molecular complexity index is 800. The molecular weight excluding hydrogens is 383 g/mol. The first kappa shape index (κ1) is 19.8. The number of para-hydroxylation sites is 1.